The molecule has 1 aromatic heterocycles. The molecule has 0 radical (unpaired) electrons. The molecule has 2 rings (SSSR count). The molecule has 1 aliphatic rings. The smallest absolute Gasteiger partial charge is 0.125 e. The van der Waals surface area contributed by atoms with Crippen LogP contribution in [-0.2, 0) is 0 Å². The molecule has 1 aliphatic heterocycles. The lowest BCUT2D eigenvalue weighted by molar-refractivity contribution is 0.294. The Bertz CT molecular complexity index is 328. The van der Waals surface area contributed by atoms with E-state index in [1.165, 1.54) is 38.0 Å². The average molecular weight is 233 g/mol. The quantitative estimate of drug-likeness (QED) is 0.847. The number of pyridine rings is 1. The van der Waals surface area contributed by atoms with E-state index in [-0.39, 0.29) is 0 Å². The third-order valence-corrected chi connectivity index (χ3v) is 3.31. The summed E-state index contributed by atoms with van der Waals surface area (Å²) in [5, 5.41) is 3.41. The average Bonchev–Trinajstić information content (AvgIpc) is 2.81. The van der Waals surface area contributed by atoms with E-state index < -0.39 is 0 Å². The molecule has 1 unspecified atom stereocenters. The Kier molecular flexibility index (Phi) is 4.37. The van der Waals surface area contributed by atoms with Crippen molar-refractivity contribution < 1.29 is 0 Å². The molecule has 0 bridgehead atoms. The molecule has 3 nitrogen and oxygen atoms in total. The van der Waals surface area contributed by atoms with Crippen molar-refractivity contribution in [2.45, 2.75) is 26.7 Å². The first-order valence-electron chi connectivity index (χ1n) is 6.63. The highest BCUT2D eigenvalue weighted by molar-refractivity contribution is 5.35. The third kappa shape index (κ3) is 4.00. The Morgan fingerprint density at radius 3 is 2.76 bits per heavy atom. The van der Waals surface area contributed by atoms with Gasteiger partial charge in [-0.3, -0.25) is 0 Å². The molecule has 1 fully saturated rings. The Balaban J connectivity index is 1.71. The topological polar surface area (TPSA) is 28.2 Å². The van der Waals surface area contributed by atoms with Gasteiger partial charge in [-0.2, -0.15) is 0 Å². The lowest BCUT2D eigenvalue weighted by atomic mass is 10.1. The molecule has 0 aromatic carbocycles. The van der Waals surface area contributed by atoms with Crippen LogP contribution in [0.5, 0.6) is 0 Å². The summed E-state index contributed by atoms with van der Waals surface area (Å²) in [6, 6.07) is 4.15. The fraction of sp³-hybridized carbons (Fsp3) is 0.643. The normalized spacial score (nSPS) is 18.2. The zero-order chi connectivity index (χ0) is 12.1. The zero-order valence-electron chi connectivity index (χ0n) is 10.9. The monoisotopic (exact) mass is 233 g/mol. The van der Waals surface area contributed by atoms with Gasteiger partial charge >= 0.3 is 0 Å². The first kappa shape index (κ1) is 12.4. The number of hydrogen-bond acceptors (Lipinski definition) is 3. The highest BCUT2D eigenvalue weighted by Gasteiger charge is 2.14. The minimum absolute atomic E-state index is 0.677. The van der Waals surface area contributed by atoms with Gasteiger partial charge in [-0.1, -0.05) is 13.0 Å². The van der Waals surface area contributed by atoms with E-state index in [4.69, 9.17) is 0 Å². The molecule has 0 aliphatic carbocycles. The van der Waals surface area contributed by atoms with Crippen LogP contribution < -0.4 is 5.32 Å². The van der Waals surface area contributed by atoms with Gasteiger partial charge in [-0.15, -0.1) is 0 Å². The van der Waals surface area contributed by atoms with Gasteiger partial charge in [0.2, 0.25) is 0 Å². The predicted molar refractivity (Wildman–Crippen MR) is 72.3 cm³/mol. The van der Waals surface area contributed by atoms with Crippen LogP contribution in [0.25, 0.3) is 0 Å². The minimum atomic E-state index is 0.677. The summed E-state index contributed by atoms with van der Waals surface area (Å²) in [7, 11) is 0. The van der Waals surface area contributed by atoms with Gasteiger partial charge in [0.1, 0.15) is 5.82 Å². The van der Waals surface area contributed by atoms with Crippen molar-refractivity contribution in [3.8, 4) is 0 Å². The lowest BCUT2D eigenvalue weighted by Gasteiger charge is -2.20. The molecular weight excluding hydrogens is 210 g/mol. The number of likely N-dealkylation sites (tertiary alicyclic amines) is 1. The number of aromatic nitrogens is 1. The van der Waals surface area contributed by atoms with Crippen molar-refractivity contribution >= 4 is 5.82 Å². The van der Waals surface area contributed by atoms with Crippen molar-refractivity contribution in [2.75, 3.05) is 31.5 Å². The van der Waals surface area contributed by atoms with Crippen molar-refractivity contribution in [1.29, 1.82) is 0 Å². The molecule has 94 valence electrons. The predicted octanol–water partition coefficient (Wildman–Crippen LogP) is 2.53. The fourth-order valence-corrected chi connectivity index (χ4v) is 2.32. The van der Waals surface area contributed by atoms with E-state index in [2.05, 4.69) is 41.2 Å². The van der Waals surface area contributed by atoms with Crippen molar-refractivity contribution in [2.24, 2.45) is 5.92 Å². The van der Waals surface area contributed by atoms with Gasteiger partial charge in [0, 0.05) is 19.3 Å². The third-order valence-electron chi connectivity index (χ3n) is 3.31. The SMILES string of the molecule is Cc1ccc(NCC(C)CN2CCCC2)nc1. The van der Waals surface area contributed by atoms with Crippen LogP contribution in [-0.4, -0.2) is 36.1 Å². The van der Waals surface area contributed by atoms with Gasteiger partial charge in [-0.05, 0) is 50.4 Å². The maximum absolute atomic E-state index is 4.36. The molecule has 3 heteroatoms. The molecule has 1 saturated heterocycles. The zero-order valence-corrected chi connectivity index (χ0v) is 10.9. The lowest BCUT2D eigenvalue weighted by Crippen LogP contribution is -2.28. The summed E-state index contributed by atoms with van der Waals surface area (Å²) in [5.74, 6) is 1.67. The number of nitrogens with zero attached hydrogens (tertiary/aromatic N) is 2. The minimum Gasteiger partial charge on any atom is -0.370 e. The molecule has 17 heavy (non-hydrogen) atoms. The second-order valence-electron chi connectivity index (χ2n) is 5.21. The van der Waals surface area contributed by atoms with Crippen LogP contribution in [0, 0.1) is 12.8 Å². The second kappa shape index (κ2) is 6.01. The van der Waals surface area contributed by atoms with E-state index in [0.717, 1.165) is 12.4 Å². The van der Waals surface area contributed by atoms with Crippen LogP contribution >= 0.6 is 0 Å². The molecule has 1 N–H and O–H groups in total. The standard InChI is InChI=1S/C14H23N3/c1-12-5-6-14(15-9-12)16-10-13(2)11-17-7-3-4-8-17/h5-6,9,13H,3-4,7-8,10-11H2,1-2H3,(H,15,16). The number of aryl methyl sites for hydroxylation is 1. The number of rotatable bonds is 5. The van der Waals surface area contributed by atoms with Crippen LogP contribution in [0.15, 0.2) is 18.3 Å². The highest BCUT2D eigenvalue weighted by atomic mass is 15.1. The Hall–Kier alpha value is -1.09. The van der Waals surface area contributed by atoms with Crippen molar-refractivity contribution in [3.63, 3.8) is 0 Å². The van der Waals surface area contributed by atoms with Crippen LogP contribution in [0.4, 0.5) is 5.82 Å². The van der Waals surface area contributed by atoms with Crippen molar-refractivity contribution in [3.05, 3.63) is 23.9 Å². The van der Waals surface area contributed by atoms with Crippen LogP contribution in [0.1, 0.15) is 25.3 Å². The van der Waals surface area contributed by atoms with E-state index >= 15 is 0 Å². The molecule has 0 saturated carbocycles. The molecule has 2 heterocycles. The van der Waals surface area contributed by atoms with Gasteiger partial charge in [0.25, 0.3) is 0 Å². The summed E-state index contributed by atoms with van der Waals surface area (Å²) in [6.45, 7) is 9.15. The van der Waals surface area contributed by atoms with E-state index in [1.807, 2.05) is 6.20 Å². The summed E-state index contributed by atoms with van der Waals surface area (Å²) in [4.78, 5) is 6.92. The summed E-state index contributed by atoms with van der Waals surface area (Å²) >= 11 is 0. The Morgan fingerprint density at radius 1 is 1.35 bits per heavy atom. The van der Waals surface area contributed by atoms with Gasteiger partial charge in [-0.25, -0.2) is 4.98 Å². The fourth-order valence-electron chi connectivity index (χ4n) is 2.32. The van der Waals surface area contributed by atoms with E-state index in [1.54, 1.807) is 0 Å². The molecule has 0 spiro atoms. The summed E-state index contributed by atoms with van der Waals surface area (Å²) in [5.41, 5.74) is 1.21. The largest absolute Gasteiger partial charge is 0.370 e. The highest BCUT2D eigenvalue weighted by Crippen LogP contribution is 2.11. The first-order valence-corrected chi connectivity index (χ1v) is 6.63. The second-order valence-corrected chi connectivity index (χ2v) is 5.21. The number of hydrogen-bond donors (Lipinski definition) is 1. The van der Waals surface area contributed by atoms with Crippen LogP contribution in [0.3, 0.4) is 0 Å². The first-order chi connectivity index (χ1) is 8.24. The molecule has 1 atom stereocenters. The molecular formula is C14H23N3. The van der Waals surface area contributed by atoms with Crippen molar-refractivity contribution in [1.82, 2.24) is 9.88 Å². The number of nitrogens with one attached hydrogen (secondary N) is 1. The Labute approximate surface area is 104 Å². The summed E-state index contributed by atoms with van der Waals surface area (Å²) < 4.78 is 0. The molecule has 0 amide bonds. The summed E-state index contributed by atoms with van der Waals surface area (Å²) in [6.07, 6.45) is 4.66. The van der Waals surface area contributed by atoms with Gasteiger partial charge in [0.05, 0.1) is 0 Å². The maximum atomic E-state index is 4.36. The van der Waals surface area contributed by atoms with E-state index in [0.29, 0.717) is 5.92 Å². The Morgan fingerprint density at radius 2 is 2.12 bits per heavy atom. The molecule has 1 aromatic rings. The van der Waals surface area contributed by atoms with Gasteiger partial charge < -0.3 is 10.2 Å². The number of anilines is 1. The maximum Gasteiger partial charge on any atom is 0.125 e. The van der Waals surface area contributed by atoms with Gasteiger partial charge in [0.15, 0.2) is 0 Å². The van der Waals surface area contributed by atoms with Crippen LogP contribution in [0.2, 0.25) is 0 Å². The van der Waals surface area contributed by atoms with E-state index in [9.17, 15) is 0 Å².